The van der Waals surface area contributed by atoms with E-state index in [0.29, 0.717) is 0 Å². The van der Waals surface area contributed by atoms with Gasteiger partial charge < -0.3 is 15.3 Å². The topological polar surface area (TPSA) is 73.0 Å². The van der Waals surface area contributed by atoms with Crippen molar-refractivity contribution in [1.82, 2.24) is 0 Å². The molecule has 0 fully saturated rings. The summed E-state index contributed by atoms with van der Waals surface area (Å²) in [5.41, 5.74) is 0.881. The van der Waals surface area contributed by atoms with Gasteiger partial charge in [0.05, 0.1) is 0 Å². The van der Waals surface area contributed by atoms with E-state index in [1.165, 1.54) is 6.21 Å². The van der Waals surface area contributed by atoms with Crippen LogP contribution < -0.4 is 0 Å². The maximum Gasteiger partial charge on any atom is 0.148 e. The predicted molar refractivity (Wildman–Crippen MR) is 65.1 cm³/mol. The molecule has 0 aliphatic heterocycles. The van der Waals surface area contributed by atoms with E-state index in [-0.39, 0.29) is 22.9 Å². The van der Waals surface area contributed by atoms with Crippen molar-refractivity contribution >= 4 is 11.9 Å². The molecule has 0 atom stereocenters. The average Bonchev–Trinajstić information content (AvgIpc) is 2.29. The predicted octanol–water partition coefficient (Wildman–Crippen LogP) is 2.55. The third-order valence-corrected chi connectivity index (χ3v) is 2.20. The minimum Gasteiger partial charge on any atom is -0.508 e. The van der Waals surface area contributed by atoms with Gasteiger partial charge >= 0.3 is 0 Å². The van der Waals surface area contributed by atoms with Gasteiger partial charge in [0, 0.05) is 18.3 Å². The maximum absolute atomic E-state index is 9.52. The molecule has 0 unspecified atom stereocenters. The van der Waals surface area contributed by atoms with Gasteiger partial charge in [0.2, 0.25) is 0 Å². The van der Waals surface area contributed by atoms with Crippen molar-refractivity contribution in [3.8, 4) is 17.2 Å². The van der Waals surface area contributed by atoms with E-state index in [9.17, 15) is 10.2 Å². The van der Waals surface area contributed by atoms with Crippen LogP contribution in [0.25, 0.3) is 0 Å². The number of hydrogen-bond donors (Lipinski definition) is 3. The quantitative estimate of drug-likeness (QED) is 0.693. The van der Waals surface area contributed by atoms with Crippen LogP contribution in [0.2, 0.25) is 0 Å². The molecule has 0 heterocycles. The van der Waals surface area contributed by atoms with Crippen molar-refractivity contribution in [2.75, 3.05) is 0 Å². The second-order valence-corrected chi connectivity index (χ2v) is 3.50. The van der Waals surface area contributed by atoms with E-state index in [0.717, 1.165) is 17.7 Å². The molecular weight excluding hydrogens is 218 g/mol. The largest absolute Gasteiger partial charge is 0.508 e. The molecule has 3 N–H and O–H groups in total. The van der Waals surface area contributed by atoms with Crippen molar-refractivity contribution in [3.05, 3.63) is 48.0 Å². The number of phenolic OH excluding ortho intramolecular Hbond substituents is 3. The molecule has 0 aliphatic rings. The Balaban J connectivity index is 2.34. The van der Waals surface area contributed by atoms with E-state index in [1.54, 1.807) is 0 Å². The van der Waals surface area contributed by atoms with Crippen LogP contribution in [-0.2, 0) is 0 Å². The molecule has 2 rings (SSSR count). The number of nitrogens with zero attached hydrogens (tertiary/aromatic N) is 1. The lowest BCUT2D eigenvalue weighted by Crippen LogP contribution is -1.79. The molecule has 0 spiro atoms. The van der Waals surface area contributed by atoms with Crippen molar-refractivity contribution < 1.29 is 15.3 Å². The van der Waals surface area contributed by atoms with Crippen molar-refractivity contribution in [1.29, 1.82) is 0 Å². The van der Waals surface area contributed by atoms with Gasteiger partial charge in [-0.05, 0) is 5.56 Å². The first-order chi connectivity index (χ1) is 8.16. The van der Waals surface area contributed by atoms with Crippen LogP contribution in [0.15, 0.2) is 47.5 Å². The Labute approximate surface area is 98.1 Å². The maximum atomic E-state index is 9.52. The van der Waals surface area contributed by atoms with Gasteiger partial charge in [-0.15, -0.1) is 0 Å². The highest BCUT2D eigenvalue weighted by atomic mass is 16.3. The summed E-state index contributed by atoms with van der Waals surface area (Å²) in [6.45, 7) is 0. The highest BCUT2D eigenvalue weighted by Crippen LogP contribution is 2.39. The lowest BCUT2D eigenvalue weighted by molar-refractivity contribution is 0.430. The van der Waals surface area contributed by atoms with Crippen LogP contribution in [0.3, 0.4) is 0 Å². The molecule has 0 aliphatic carbocycles. The monoisotopic (exact) mass is 229 g/mol. The third-order valence-electron chi connectivity index (χ3n) is 2.20. The fourth-order valence-electron chi connectivity index (χ4n) is 1.40. The normalized spacial score (nSPS) is 10.8. The van der Waals surface area contributed by atoms with E-state index < -0.39 is 0 Å². The standard InChI is InChI=1S/C13H11NO3/c15-10-6-11(16)13(12(17)7-10)14-8-9-4-2-1-3-5-9/h1-8,15-17H. The van der Waals surface area contributed by atoms with Gasteiger partial charge in [0.1, 0.15) is 22.9 Å². The fraction of sp³-hybridized carbons (Fsp3) is 0. The van der Waals surface area contributed by atoms with Crippen LogP contribution in [0, 0.1) is 0 Å². The van der Waals surface area contributed by atoms with Crippen molar-refractivity contribution in [2.45, 2.75) is 0 Å². The Kier molecular flexibility index (Phi) is 2.96. The highest BCUT2D eigenvalue weighted by Gasteiger charge is 2.07. The highest BCUT2D eigenvalue weighted by molar-refractivity contribution is 5.83. The number of rotatable bonds is 2. The summed E-state index contributed by atoms with van der Waals surface area (Å²) < 4.78 is 0. The average molecular weight is 229 g/mol. The first kappa shape index (κ1) is 11.0. The third kappa shape index (κ3) is 2.55. The SMILES string of the molecule is Oc1cc(O)c(N=Cc2ccccc2)c(O)c1. The van der Waals surface area contributed by atoms with Crippen LogP contribution in [-0.4, -0.2) is 21.5 Å². The van der Waals surface area contributed by atoms with Crippen LogP contribution >= 0.6 is 0 Å². The summed E-state index contributed by atoms with van der Waals surface area (Å²) in [5.74, 6) is -0.747. The first-order valence-corrected chi connectivity index (χ1v) is 5.01. The second-order valence-electron chi connectivity index (χ2n) is 3.50. The Morgan fingerprint density at radius 2 is 1.47 bits per heavy atom. The summed E-state index contributed by atoms with van der Waals surface area (Å²) in [5, 5.41) is 28.2. The summed E-state index contributed by atoms with van der Waals surface area (Å²) >= 11 is 0. The Bertz CT molecular complexity index is 527. The molecule has 0 aromatic heterocycles. The zero-order valence-corrected chi connectivity index (χ0v) is 8.91. The van der Waals surface area contributed by atoms with E-state index >= 15 is 0 Å². The molecule has 0 amide bonds. The Morgan fingerprint density at radius 1 is 0.882 bits per heavy atom. The van der Waals surface area contributed by atoms with Gasteiger partial charge in [-0.3, -0.25) is 0 Å². The number of benzene rings is 2. The minimum absolute atomic E-state index is 0.0339. The van der Waals surface area contributed by atoms with Crippen LogP contribution in [0.5, 0.6) is 17.2 Å². The number of phenols is 3. The van der Waals surface area contributed by atoms with Crippen LogP contribution in [0.1, 0.15) is 5.56 Å². The molecular formula is C13H11NO3. The molecule has 4 nitrogen and oxygen atoms in total. The molecule has 0 radical (unpaired) electrons. The fourth-order valence-corrected chi connectivity index (χ4v) is 1.40. The van der Waals surface area contributed by atoms with Crippen LogP contribution in [0.4, 0.5) is 5.69 Å². The van der Waals surface area contributed by atoms with Gasteiger partial charge in [0.15, 0.2) is 0 Å². The summed E-state index contributed by atoms with van der Waals surface area (Å²) in [7, 11) is 0. The summed E-state index contributed by atoms with van der Waals surface area (Å²) in [4.78, 5) is 3.98. The van der Waals surface area contributed by atoms with Crippen molar-refractivity contribution in [3.63, 3.8) is 0 Å². The Morgan fingerprint density at radius 3 is 2.06 bits per heavy atom. The Hall–Kier alpha value is -2.49. The van der Waals surface area contributed by atoms with Gasteiger partial charge in [0.25, 0.3) is 0 Å². The molecule has 2 aromatic carbocycles. The molecule has 2 aromatic rings. The molecule has 86 valence electrons. The smallest absolute Gasteiger partial charge is 0.148 e. The summed E-state index contributed by atoms with van der Waals surface area (Å²) in [6, 6.07) is 11.5. The minimum atomic E-state index is -0.269. The second kappa shape index (κ2) is 4.57. The zero-order valence-electron chi connectivity index (χ0n) is 8.91. The van der Waals surface area contributed by atoms with E-state index in [4.69, 9.17) is 5.11 Å². The molecule has 0 saturated carbocycles. The lowest BCUT2D eigenvalue weighted by Gasteiger charge is -2.02. The molecule has 17 heavy (non-hydrogen) atoms. The molecule has 0 bridgehead atoms. The van der Waals surface area contributed by atoms with Gasteiger partial charge in [-0.1, -0.05) is 30.3 Å². The number of hydrogen-bond acceptors (Lipinski definition) is 4. The first-order valence-electron chi connectivity index (χ1n) is 5.01. The molecule has 4 heteroatoms. The van der Waals surface area contributed by atoms with Crippen molar-refractivity contribution in [2.24, 2.45) is 4.99 Å². The summed E-state index contributed by atoms with van der Waals surface area (Å²) in [6.07, 6.45) is 1.52. The zero-order chi connectivity index (χ0) is 12.3. The van der Waals surface area contributed by atoms with E-state index in [1.807, 2.05) is 30.3 Å². The lowest BCUT2D eigenvalue weighted by atomic mass is 10.2. The number of aliphatic imine (C=N–C) groups is 1. The molecule has 0 saturated heterocycles. The van der Waals surface area contributed by atoms with E-state index in [2.05, 4.69) is 4.99 Å². The number of aromatic hydroxyl groups is 3. The van der Waals surface area contributed by atoms with Gasteiger partial charge in [-0.25, -0.2) is 4.99 Å². The van der Waals surface area contributed by atoms with Gasteiger partial charge in [-0.2, -0.15) is 0 Å².